The molecule has 0 spiro atoms. The average molecular weight is 578 g/mol. The molecule has 0 aliphatic rings. The Morgan fingerprint density at radius 2 is 1.39 bits per heavy atom. The van der Waals surface area contributed by atoms with Crippen LogP contribution >= 0.6 is 0 Å². The third-order valence-electron chi connectivity index (χ3n) is 6.09. The largest absolute Gasteiger partial charge is 0.480 e. The van der Waals surface area contributed by atoms with Gasteiger partial charge in [-0.1, -0.05) is 36.8 Å². The van der Waals surface area contributed by atoms with Crippen molar-refractivity contribution in [3.63, 3.8) is 0 Å². The van der Waals surface area contributed by atoms with E-state index in [1.165, 1.54) is 0 Å². The van der Waals surface area contributed by atoms with Crippen LogP contribution in [0.15, 0.2) is 35.3 Å². The highest BCUT2D eigenvalue weighted by molar-refractivity contribution is 5.94. The second-order valence-corrected chi connectivity index (χ2v) is 9.56. The van der Waals surface area contributed by atoms with Crippen LogP contribution in [-0.4, -0.2) is 77.9 Å². The first-order valence-electron chi connectivity index (χ1n) is 13.4. The van der Waals surface area contributed by atoms with Crippen molar-refractivity contribution in [3.05, 3.63) is 35.9 Å². The van der Waals surface area contributed by atoms with Crippen LogP contribution < -0.4 is 44.6 Å². The SMILES string of the molecule is NCCCCC(N)C(=O)NC(CCC(N)=O)C(=O)NC(Cc1ccccc1)C(=O)NC(CCCN=C(N)N)C(=O)O. The summed E-state index contributed by atoms with van der Waals surface area (Å²) in [5.41, 5.74) is 27.9. The number of benzene rings is 1. The maximum Gasteiger partial charge on any atom is 0.326 e. The van der Waals surface area contributed by atoms with Gasteiger partial charge in [0, 0.05) is 19.4 Å². The molecule has 15 heteroatoms. The van der Waals surface area contributed by atoms with Gasteiger partial charge in [0.2, 0.25) is 23.6 Å². The van der Waals surface area contributed by atoms with Crippen LogP contribution in [0.25, 0.3) is 0 Å². The minimum atomic E-state index is -1.27. The second kappa shape index (κ2) is 18.9. The predicted molar refractivity (Wildman–Crippen MR) is 153 cm³/mol. The number of carbonyl (C=O) groups is 5. The zero-order chi connectivity index (χ0) is 30.8. The van der Waals surface area contributed by atoms with Crippen molar-refractivity contribution >= 4 is 35.6 Å². The number of nitrogens with one attached hydrogen (secondary N) is 3. The van der Waals surface area contributed by atoms with E-state index in [0.717, 1.165) is 0 Å². The van der Waals surface area contributed by atoms with Gasteiger partial charge < -0.3 is 49.7 Å². The van der Waals surface area contributed by atoms with Crippen LogP contribution in [0.1, 0.15) is 50.5 Å². The molecule has 4 unspecified atom stereocenters. The van der Waals surface area contributed by atoms with Gasteiger partial charge in [-0.05, 0) is 44.2 Å². The predicted octanol–water partition coefficient (Wildman–Crippen LogP) is -2.46. The number of carboxylic acids is 1. The number of hydrogen-bond donors (Lipinski definition) is 9. The molecule has 1 aromatic rings. The Morgan fingerprint density at radius 3 is 1.98 bits per heavy atom. The van der Waals surface area contributed by atoms with E-state index in [4.69, 9.17) is 28.7 Å². The van der Waals surface area contributed by atoms with E-state index >= 15 is 0 Å². The number of guanidine groups is 1. The highest BCUT2D eigenvalue weighted by Crippen LogP contribution is 2.08. The summed E-state index contributed by atoms with van der Waals surface area (Å²) < 4.78 is 0. The Kier molecular flexibility index (Phi) is 16.1. The standard InChI is InChI=1S/C26H43N9O6/c27-13-5-4-9-17(28)22(37)33-18(11-12-21(29)36)23(38)35-20(15-16-7-2-1-3-8-16)24(39)34-19(25(40)41)10-6-14-32-26(30)31/h1-3,7-8,17-20H,4-6,9-15,27-28H2,(H2,29,36)(H,33,37)(H,34,39)(H,35,38)(H,40,41)(H4,30,31,32). The molecule has 0 bridgehead atoms. The minimum Gasteiger partial charge on any atom is -0.480 e. The number of rotatable bonds is 20. The quantitative estimate of drug-likeness (QED) is 0.0447. The molecule has 14 N–H and O–H groups in total. The molecule has 0 saturated heterocycles. The number of carbonyl (C=O) groups excluding carboxylic acids is 4. The van der Waals surface area contributed by atoms with Crippen LogP contribution in [-0.2, 0) is 30.4 Å². The Hall–Kier alpha value is -4.24. The summed E-state index contributed by atoms with van der Waals surface area (Å²) in [4.78, 5) is 66.2. The Bertz CT molecular complexity index is 1030. The highest BCUT2D eigenvalue weighted by Gasteiger charge is 2.30. The summed E-state index contributed by atoms with van der Waals surface area (Å²) in [6, 6.07) is 4.13. The second-order valence-electron chi connectivity index (χ2n) is 9.56. The van der Waals surface area contributed by atoms with E-state index in [-0.39, 0.29) is 44.6 Å². The van der Waals surface area contributed by atoms with Crippen LogP contribution in [0.3, 0.4) is 0 Å². The zero-order valence-electron chi connectivity index (χ0n) is 23.1. The molecule has 0 aromatic heterocycles. The summed E-state index contributed by atoms with van der Waals surface area (Å²) >= 11 is 0. The monoisotopic (exact) mass is 577 g/mol. The Morgan fingerprint density at radius 1 is 0.780 bits per heavy atom. The molecule has 0 aliphatic heterocycles. The number of unbranched alkanes of at least 4 members (excludes halogenated alkanes) is 1. The summed E-state index contributed by atoms with van der Waals surface area (Å²) in [5, 5.41) is 17.2. The molecule has 0 aliphatic carbocycles. The molecular formula is C26H43N9O6. The lowest BCUT2D eigenvalue weighted by atomic mass is 10.0. The zero-order valence-corrected chi connectivity index (χ0v) is 23.1. The molecule has 0 heterocycles. The van der Waals surface area contributed by atoms with Crippen molar-refractivity contribution in [1.82, 2.24) is 16.0 Å². The van der Waals surface area contributed by atoms with Gasteiger partial charge in [-0.25, -0.2) is 4.79 Å². The van der Waals surface area contributed by atoms with Gasteiger partial charge in [0.15, 0.2) is 5.96 Å². The fraction of sp³-hybridized carbons (Fsp3) is 0.538. The molecule has 228 valence electrons. The summed E-state index contributed by atoms with van der Waals surface area (Å²) in [6.45, 7) is 0.615. The molecule has 41 heavy (non-hydrogen) atoms. The maximum absolute atomic E-state index is 13.3. The first-order chi connectivity index (χ1) is 19.4. The first-order valence-corrected chi connectivity index (χ1v) is 13.4. The van der Waals surface area contributed by atoms with Crippen molar-refractivity contribution < 1.29 is 29.1 Å². The lowest BCUT2D eigenvalue weighted by Crippen LogP contribution is -2.57. The van der Waals surface area contributed by atoms with E-state index in [9.17, 15) is 29.1 Å². The van der Waals surface area contributed by atoms with Gasteiger partial charge in [0.05, 0.1) is 6.04 Å². The van der Waals surface area contributed by atoms with E-state index in [1.54, 1.807) is 30.3 Å². The number of carboxylic acid groups (broad SMARTS) is 1. The molecule has 1 rings (SSSR count). The third kappa shape index (κ3) is 14.6. The number of nitrogens with two attached hydrogens (primary N) is 5. The van der Waals surface area contributed by atoms with E-state index in [2.05, 4.69) is 20.9 Å². The smallest absolute Gasteiger partial charge is 0.326 e. The number of hydrogen-bond acceptors (Lipinski definition) is 8. The molecular weight excluding hydrogens is 534 g/mol. The lowest BCUT2D eigenvalue weighted by molar-refractivity contribution is -0.142. The average Bonchev–Trinajstić information content (AvgIpc) is 2.92. The molecule has 4 atom stereocenters. The summed E-state index contributed by atoms with van der Waals surface area (Å²) in [6.07, 6.45) is 1.60. The topological polar surface area (TPSA) is 284 Å². The van der Waals surface area contributed by atoms with E-state index < -0.39 is 53.8 Å². The number of nitrogens with zero attached hydrogens (tertiary/aromatic N) is 1. The molecule has 0 radical (unpaired) electrons. The fourth-order valence-electron chi connectivity index (χ4n) is 3.84. The summed E-state index contributed by atoms with van der Waals surface area (Å²) in [5.74, 6) is -4.22. The van der Waals surface area contributed by atoms with Crippen LogP contribution in [0, 0.1) is 0 Å². The van der Waals surface area contributed by atoms with Gasteiger partial charge in [-0.15, -0.1) is 0 Å². The number of primary amides is 1. The molecule has 0 saturated carbocycles. The van der Waals surface area contributed by atoms with Crippen molar-refractivity contribution in [2.75, 3.05) is 13.1 Å². The van der Waals surface area contributed by atoms with E-state index in [0.29, 0.717) is 31.4 Å². The minimum absolute atomic E-state index is 0.0217. The van der Waals surface area contributed by atoms with Gasteiger partial charge in [0.1, 0.15) is 18.1 Å². The summed E-state index contributed by atoms with van der Waals surface area (Å²) in [7, 11) is 0. The molecule has 4 amide bonds. The van der Waals surface area contributed by atoms with E-state index in [1.807, 2.05) is 0 Å². The van der Waals surface area contributed by atoms with Crippen LogP contribution in [0.4, 0.5) is 0 Å². The van der Waals surface area contributed by atoms with Crippen molar-refractivity contribution in [3.8, 4) is 0 Å². The number of aliphatic carboxylic acids is 1. The number of amides is 4. The maximum atomic E-state index is 13.3. The fourth-order valence-corrected chi connectivity index (χ4v) is 3.84. The van der Waals surface area contributed by atoms with Gasteiger partial charge in [0.25, 0.3) is 0 Å². The third-order valence-corrected chi connectivity index (χ3v) is 6.09. The molecule has 1 aromatic carbocycles. The highest BCUT2D eigenvalue weighted by atomic mass is 16.4. The molecule has 0 fully saturated rings. The van der Waals surface area contributed by atoms with Gasteiger partial charge in [-0.3, -0.25) is 24.2 Å². The van der Waals surface area contributed by atoms with Crippen molar-refractivity contribution in [2.24, 2.45) is 33.7 Å². The number of aliphatic imine (C=N–C) groups is 1. The molecule has 15 nitrogen and oxygen atoms in total. The Labute approximate surface area is 239 Å². The van der Waals surface area contributed by atoms with Crippen LogP contribution in [0.5, 0.6) is 0 Å². The van der Waals surface area contributed by atoms with Crippen LogP contribution in [0.2, 0.25) is 0 Å². The normalized spacial score (nSPS) is 13.6. The van der Waals surface area contributed by atoms with Gasteiger partial charge in [-0.2, -0.15) is 0 Å². The van der Waals surface area contributed by atoms with Crippen molar-refractivity contribution in [2.45, 2.75) is 75.5 Å². The lowest BCUT2D eigenvalue weighted by Gasteiger charge is -2.25. The first kappa shape index (κ1) is 34.8. The van der Waals surface area contributed by atoms with Gasteiger partial charge >= 0.3 is 5.97 Å². The van der Waals surface area contributed by atoms with Crippen molar-refractivity contribution in [1.29, 1.82) is 0 Å². The Balaban J connectivity index is 3.09.